The highest BCUT2D eigenvalue weighted by molar-refractivity contribution is 5.92. The second-order valence-electron chi connectivity index (χ2n) is 7.62. The molecule has 8 heteroatoms. The number of nitrogens with zero attached hydrogens (tertiary/aromatic N) is 2. The smallest absolute Gasteiger partial charge is 0.322 e. The normalized spacial score (nSPS) is 15.9. The van der Waals surface area contributed by atoms with Gasteiger partial charge in [0.15, 0.2) is 0 Å². The molecule has 1 aromatic carbocycles. The topological polar surface area (TPSA) is 75.0 Å². The van der Waals surface area contributed by atoms with Gasteiger partial charge in [-0.1, -0.05) is 12.1 Å². The molecule has 2 aromatic rings. The molecule has 1 saturated heterocycles. The van der Waals surface area contributed by atoms with Gasteiger partial charge in [-0.25, -0.2) is 9.18 Å². The molecule has 1 N–H and O–H groups in total. The zero-order valence-corrected chi connectivity index (χ0v) is 17.3. The van der Waals surface area contributed by atoms with E-state index >= 15 is 0 Å². The number of benzene rings is 1. The predicted molar refractivity (Wildman–Crippen MR) is 110 cm³/mol. The maximum absolute atomic E-state index is 13.9. The van der Waals surface area contributed by atoms with E-state index < -0.39 is 11.8 Å². The van der Waals surface area contributed by atoms with Crippen LogP contribution in [0.1, 0.15) is 32.4 Å². The molecule has 0 aliphatic carbocycles. The van der Waals surface area contributed by atoms with Gasteiger partial charge in [0.25, 0.3) is 0 Å². The van der Waals surface area contributed by atoms with Gasteiger partial charge in [-0.15, -0.1) is 0 Å². The Kier molecular flexibility index (Phi) is 7.46. The van der Waals surface area contributed by atoms with Crippen LogP contribution >= 0.6 is 0 Å². The van der Waals surface area contributed by atoms with E-state index in [0.29, 0.717) is 25.5 Å². The molecule has 0 radical (unpaired) electrons. The minimum absolute atomic E-state index is 0.0244. The summed E-state index contributed by atoms with van der Waals surface area (Å²) in [6, 6.07) is 8.73. The molecule has 0 saturated carbocycles. The van der Waals surface area contributed by atoms with E-state index in [1.807, 2.05) is 13.8 Å². The summed E-state index contributed by atoms with van der Waals surface area (Å²) < 4.78 is 25.0. The Labute approximate surface area is 175 Å². The van der Waals surface area contributed by atoms with Gasteiger partial charge in [0.1, 0.15) is 18.1 Å². The van der Waals surface area contributed by atoms with Crippen molar-refractivity contribution in [1.29, 1.82) is 0 Å². The molecule has 1 aliphatic heterocycles. The number of para-hydroxylation sites is 1. The third kappa shape index (κ3) is 5.82. The number of hydrogen-bond acceptors (Lipinski definition) is 4. The molecule has 3 amide bonds. The van der Waals surface area contributed by atoms with Crippen molar-refractivity contribution in [3.8, 4) is 0 Å². The van der Waals surface area contributed by atoms with Gasteiger partial charge in [0.2, 0.25) is 5.91 Å². The summed E-state index contributed by atoms with van der Waals surface area (Å²) in [7, 11) is 0. The van der Waals surface area contributed by atoms with Gasteiger partial charge in [0, 0.05) is 19.2 Å². The largest absolute Gasteiger partial charge is 0.467 e. The Bertz CT molecular complexity index is 835. The number of carbonyl (C=O) groups is 2. The van der Waals surface area contributed by atoms with Crippen molar-refractivity contribution in [2.75, 3.05) is 25.0 Å². The van der Waals surface area contributed by atoms with Gasteiger partial charge >= 0.3 is 6.03 Å². The molecule has 1 aromatic heterocycles. The second kappa shape index (κ2) is 10.2. The van der Waals surface area contributed by atoms with Crippen molar-refractivity contribution in [2.45, 2.75) is 45.4 Å². The highest BCUT2D eigenvalue weighted by Gasteiger charge is 2.27. The van der Waals surface area contributed by atoms with E-state index in [1.54, 1.807) is 35.4 Å². The van der Waals surface area contributed by atoms with Crippen LogP contribution in [0.5, 0.6) is 0 Å². The van der Waals surface area contributed by atoms with E-state index in [2.05, 4.69) is 5.32 Å². The maximum Gasteiger partial charge on any atom is 0.322 e. The van der Waals surface area contributed by atoms with Crippen LogP contribution in [-0.4, -0.2) is 53.6 Å². The van der Waals surface area contributed by atoms with Crippen LogP contribution in [0.3, 0.4) is 0 Å². The number of anilines is 1. The highest BCUT2D eigenvalue weighted by Crippen LogP contribution is 2.17. The standard InChI is InChI=1S/C22H28FN3O4/c1-16(2)26(22(28)24-20-10-4-3-9-19(20)23)15-21(27)25(13-17-7-5-11-29-17)14-18-8-6-12-30-18/h3-5,7,9-11,16,18H,6,8,12-15H2,1-2H3,(H,24,28). The van der Waals surface area contributed by atoms with Crippen molar-refractivity contribution in [2.24, 2.45) is 0 Å². The fourth-order valence-electron chi connectivity index (χ4n) is 3.36. The summed E-state index contributed by atoms with van der Waals surface area (Å²) >= 11 is 0. The van der Waals surface area contributed by atoms with E-state index in [1.165, 1.54) is 17.0 Å². The summed E-state index contributed by atoms with van der Waals surface area (Å²) in [6.45, 7) is 4.91. The Morgan fingerprint density at radius 2 is 2.03 bits per heavy atom. The van der Waals surface area contributed by atoms with Crippen LogP contribution in [0.15, 0.2) is 47.1 Å². The van der Waals surface area contributed by atoms with Gasteiger partial charge in [-0.05, 0) is 51.0 Å². The first-order valence-corrected chi connectivity index (χ1v) is 10.2. The number of ether oxygens (including phenoxy) is 1. The first-order chi connectivity index (χ1) is 14.4. The quantitative estimate of drug-likeness (QED) is 0.708. The Hall–Kier alpha value is -2.87. The lowest BCUT2D eigenvalue weighted by Gasteiger charge is -2.31. The van der Waals surface area contributed by atoms with Crippen LogP contribution in [0, 0.1) is 5.82 Å². The minimum atomic E-state index is -0.529. The fraction of sp³-hybridized carbons (Fsp3) is 0.455. The summed E-state index contributed by atoms with van der Waals surface area (Å²) in [5.74, 6) is -0.0914. The van der Waals surface area contributed by atoms with Crippen LogP contribution < -0.4 is 5.32 Å². The lowest BCUT2D eigenvalue weighted by molar-refractivity contribution is -0.134. The molecule has 0 spiro atoms. The first kappa shape index (κ1) is 21.8. The molecule has 0 bridgehead atoms. The zero-order valence-electron chi connectivity index (χ0n) is 17.3. The second-order valence-corrected chi connectivity index (χ2v) is 7.62. The van der Waals surface area contributed by atoms with Crippen molar-refractivity contribution in [1.82, 2.24) is 9.80 Å². The molecular weight excluding hydrogens is 389 g/mol. The number of halogens is 1. The zero-order chi connectivity index (χ0) is 21.5. The third-order valence-electron chi connectivity index (χ3n) is 5.03. The molecule has 1 unspecified atom stereocenters. The van der Waals surface area contributed by atoms with E-state index in [0.717, 1.165) is 12.8 Å². The highest BCUT2D eigenvalue weighted by atomic mass is 19.1. The molecule has 1 atom stereocenters. The summed E-state index contributed by atoms with van der Waals surface area (Å²) in [4.78, 5) is 28.9. The monoisotopic (exact) mass is 417 g/mol. The van der Waals surface area contributed by atoms with Crippen LogP contribution in [0.25, 0.3) is 0 Å². The lowest BCUT2D eigenvalue weighted by atomic mass is 10.2. The Morgan fingerprint density at radius 1 is 1.23 bits per heavy atom. The number of furan rings is 1. The summed E-state index contributed by atoms with van der Waals surface area (Å²) in [5, 5.41) is 2.55. The molecule has 1 fully saturated rings. The Morgan fingerprint density at radius 3 is 2.67 bits per heavy atom. The van der Waals surface area contributed by atoms with Crippen molar-refractivity contribution < 1.29 is 23.1 Å². The van der Waals surface area contributed by atoms with Gasteiger partial charge in [-0.2, -0.15) is 0 Å². The first-order valence-electron chi connectivity index (χ1n) is 10.2. The number of rotatable bonds is 8. The van der Waals surface area contributed by atoms with Crippen LogP contribution in [0.4, 0.5) is 14.9 Å². The predicted octanol–water partition coefficient (Wildman–Crippen LogP) is 3.87. The van der Waals surface area contributed by atoms with E-state index in [-0.39, 0.29) is 30.3 Å². The van der Waals surface area contributed by atoms with Crippen molar-refractivity contribution in [3.05, 3.63) is 54.2 Å². The molecule has 2 heterocycles. The van der Waals surface area contributed by atoms with E-state index in [4.69, 9.17) is 9.15 Å². The number of carbonyl (C=O) groups excluding carboxylic acids is 2. The molecule has 1 aliphatic rings. The van der Waals surface area contributed by atoms with Crippen LogP contribution in [0.2, 0.25) is 0 Å². The summed E-state index contributed by atoms with van der Waals surface area (Å²) in [5.41, 5.74) is 0.0763. The molecule has 162 valence electrons. The summed E-state index contributed by atoms with van der Waals surface area (Å²) in [6.07, 6.45) is 3.40. The van der Waals surface area contributed by atoms with Crippen molar-refractivity contribution in [3.63, 3.8) is 0 Å². The maximum atomic E-state index is 13.9. The number of nitrogens with one attached hydrogen (secondary N) is 1. The SMILES string of the molecule is CC(C)N(CC(=O)N(Cc1ccco1)CC1CCCO1)C(=O)Nc1ccccc1F. The lowest BCUT2D eigenvalue weighted by Crippen LogP contribution is -2.48. The van der Waals surface area contributed by atoms with Crippen molar-refractivity contribution >= 4 is 17.6 Å². The molecular formula is C22H28FN3O4. The van der Waals surface area contributed by atoms with Gasteiger partial charge < -0.3 is 24.3 Å². The number of hydrogen-bond donors (Lipinski definition) is 1. The average Bonchev–Trinajstić information content (AvgIpc) is 3.41. The molecule has 3 rings (SSSR count). The van der Waals surface area contributed by atoms with Gasteiger partial charge in [-0.3, -0.25) is 4.79 Å². The molecule has 30 heavy (non-hydrogen) atoms. The van der Waals surface area contributed by atoms with Crippen LogP contribution in [-0.2, 0) is 16.1 Å². The Balaban J connectivity index is 1.69. The number of urea groups is 1. The number of amides is 3. The van der Waals surface area contributed by atoms with E-state index in [9.17, 15) is 14.0 Å². The average molecular weight is 417 g/mol. The fourth-order valence-corrected chi connectivity index (χ4v) is 3.36. The minimum Gasteiger partial charge on any atom is -0.467 e. The van der Waals surface area contributed by atoms with Gasteiger partial charge in [0.05, 0.1) is 24.6 Å². The molecule has 7 nitrogen and oxygen atoms in total. The third-order valence-corrected chi connectivity index (χ3v) is 5.03.